The molecule has 3 fully saturated rings. The molecule has 1 saturated heterocycles. The SMILES string of the molecule is O=C1C(NC2CC2)CCN1CC1CCCCC1. The van der Waals surface area contributed by atoms with Crippen LogP contribution in [0.4, 0.5) is 0 Å². The molecule has 3 heteroatoms. The Morgan fingerprint density at radius 2 is 1.82 bits per heavy atom. The Morgan fingerprint density at radius 1 is 1.06 bits per heavy atom. The zero-order valence-corrected chi connectivity index (χ0v) is 10.7. The lowest BCUT2D eigenvalue weighted by molar-refractivity contribution is -0.130. The Labute approximate surface area is 104 Å². The molecule has 0 spiro atoms. The average molecular weight is 236 g/mol. The maximum absolute atomic E-state index is 12.2. The number of carbonyl (C=O) groups excluding carboxylic acids is 1. The number of rotatable bonds is 4. The molecular weight excluding hydrogens is 212 g/mol. The van der Waals surface area contributed by atoms with Crippen molar-refractivity contribution in [1.82, 2.24) is 10.2 Å². The van der Waals surface area contributed by atoms with Crippen LogP contribution in [0.1, 0.15) is 51.4 Å². The number of likely N-dealkylation sites (tertiary alicyclic amines) is 1. The molecule has 0 aromatic rings. The molecule has 1 unspecified atom stereocenters. The van der Waals surface area contributed by atoms with E-state index in [0.717, 1.165) is 25.4 Å². The summed E-state index contributed by atoms with van der Waals surface area (Å²) < 4.78 is 0. The van der Waals surface area contributed by atoms with Crippen LogP contribution in [-0.4, -0.2) is 36.0 Å². The summed E-state index contributed by atoms with van der Waals surface area (Å²) in [6.07, 6.45) is 10.4. The summed E-state index contributed by atoms with van der Waals surface area (Å²) in [7, 11) is 0. The minimum atomic E-state index is 0.145. The van der Waals surface area contributed by atoms with Gasteiger partial charge in [-0.2, -0.15) is 0 Å². The zero-order valence-electron chi connectivity index (χ0n) is 10.7. The normalized spacial score (nSPS) is 31.2. The van der Waals surface area contributed by atoms with Gasteiger partial charge in [-0.1, -0.05) is 19.3 Å². The van der Waals surface area contributed by atoms with Gasteiger partial charge in [-0.25, -0.2) is 0 Å². The fourth-order valence-corrected chi connectivity index (χ4v) is 3.29. The van der Waals surface area contributed by atoms with Crippen molar-refractivity contribution in [1.29, 1.82) is 0 Å². The number of hydrogen-bond donors (Lipinski definition) is 1. The first kappa shape index (κ1) is 11.5. The summed E-state index contributed by atoms with van der Waals surface area (Å²) in [5, 5.41) is 3.48. The monoisotopic (exact) mass is 236 g/mol. The van der Waals surface area contributed by atoms with E-state index in [1.807, 2.05) is 0 Å². The zero-order chi connectivity index (χ0) is 11.7. The van der Waals surface area contributed by atoms with E-state index in [1.165, 1.54) is 44.9 Å². The lowest BCUT2D eigenvalue weighted by Gasteiger charge is -2.27. The van der Waals surface area contributed by atoms with Crippen LogP contribution in [0, 0.1) is 5.92 Å². The van der Waals surface area contributed by atoms with E-state index in [1.54, 1.807) is 0 Å². The second-order valence-corrected chi connectivity index (χ2v) is 6.07. The predicted octanol–water partition coefficient (Wildman–Crippen LogP) is 1.92. The van der Waals surface area contributed by atoms with Crippen LogP contribution < -0.4 is 5.32 Å². The van der Waals surface area contributed by atoms with Crippen LogP contribution in [0.3, 0.4) is 0 Å². The van der Waals surface area contributed by atoms with Gasteiger partial charge in [0.1, 0.15) is 0 Å². The Balaban J connectivity index is 1.48. The average Bonchev–Trinajstić information content (AvgIpc) is 3.11. The molecule has 17 heavy (non-hydrogen) atoms. The Kier molecular flexibility index (Phi) is 3.37. The van der Waals surface area contributed by atoms with Crippen molar-refractivity contribution >= 4 is 5.91 Å². The van der Waals surface area contributed by atoms with Gasteiger partial charge in [0.25, 0.3) is 0 Å². The van der Waals surface area contributed by atoms with Crippen LogP contribution in [-0.2, 0) is 4.79 Å². The van der Waals surface area contributed by atoms with Crippen LogP contribution in [0.25, 0.3) is 0 Å². The molecule has 1 amide bonds. The molecule has 96 valence electrons. The molecule has 3 nitrogen and oxygen atoms in total. The Bertz CT molecular complexity index is 282. The van der Waals surface area contributed by atoms with Crippen LogP contribution in [0.2, 0.25) is 0 Å². The molecule has 0 bridgehead atoms. The summed E-state index contributed by atoms with van der Waals surface area (Å²) >= 11 is 0. The smallest absolute Gasteiger partial charge is 0.239 e. The molecule has 1 heterocycles. The third-order valence-electron chi connectivity index (χ3n) is 4.52. The first-order valence-corrected chi connectivity index (χ1v) is 7.38. The van der Waals surface area contributed by atoms with Gasteiger partial charge in [-0.05, 0) is 38.0 Å². The molecule has 0 aromatic heterocycles. The lowest BCUT2D eigenvalue weighted by atomic mass is 9.89. The molecular formula is C14H24N2O. The highest BCUT2D eigenvalue weighted by atomic mass is 16.2. The number of nitrogens with zero attached hydrogens (tertiary/aromatic N) is 1. The van der Waals surface area contributed by atoms with Gasteiger partial charge in [0.2, 0.25) is 5.91 Å². The van der Waals surface area contributed by atoms with Crippen molar-refractivity contribution in [3.05, 3.63) is 0 Å². The van der Waals surface area contributed by atoms with E-state index in [0.29, 0.717) is 11.9 Å². The molecule has 3 rings (SSSR count). The predicted molar refractivity (Wildman–Crippen MR) is 67.7 cm³/mol. The van der Waals surface area contributed by atoms with Gasteiger partial charge in [0.05, 0.1) is 6.04 Å². The minimum absolute atomic E-state index is 0.145. The fourth-order valence-electron chi connectivity index (χ4n) is 3.29. The highest BCUT2D eigenvalue weighted by Crippen LogP contribution is 2.27. The van der Waals surface area contributed by atoms with Gasteiger partial charge in [0, 0.05) is 19.1 Å². The van der Waals surface area contributed by atoms with Gasteiger partial charge < -0.3 is 10.2 Å². The molecule has 2 aliphatic carbocycles. The molecule has 0 aromatic carbocycles. The lowest BCUT2D eigenvalue weighted by Crippen LogP contribution is -2.41. The summed E-state index contributed by atoms with van der Waals surface area (Å²) in [4.78, 5) is 14.3. The first-order valence-electron chi connectivity index (χ1n) is 7.38. The fraction of sp³-hybridized carbons (Fsp3) is 0.929. The van der Waals surface area contributed by atoms with Crippen molar-refractivity contribution in [3.8, 4) is 0 Å². The second-order valence-electron chi connectivity index (χ2n) is 6.07. The standard InChI is InChI=1S/C14H24N2O/c17-14-13(15-12-6-7-12)8-9-16(14)10-11-4-2-1-3-5-11/h11-13,15H,1-10H2. The molecule has 1 N–H and O–H groups in total. The van der Waals surface area contributed by atoms with Crippen LogP contribution in [0.15, 0.2) is 0 Å². The van der Waals surface area contributed by atoms with E-state index in [9.17, 15) is 4.79 Å². The van der Waals surface area contributed by atoms with Gasteiger partial charge in [-0.3, -0.25) is 4.79 Å². The number of nitrogens with one attached hydrogen (secondary N) is 1. The minimum Gasteiger partial charge on any atom is -0.341 e. The highest BCUT2D eigenvalue weighted by molar-refractivity contribution is 5.84. The highest BCUT2D eigenvalue weighted by Gasteiger charge is 2.36. The van der Waals surface area contributed by atoms with Crippen molar-refractivity contribution in [2.75, 3.05) is 13.1 Å². The van der Waals surface area contributed by atoms with E-state index in [4.69, 9.17) is 0 Å². The van der Waals surface area contributed by atoms with Gasteiger partial charge in [-0.15, -0.1) is 0 Å². The molecule has 3 aliphatic rings. The van der Waals surface area contributed by atoms with Gasteiger partial charge in [0.15, 0.2) is 0 Å². The van der Waals surface area contributed by atoms with Crippen LogP contribution in [0.5, 0.6) is 0 Å². The number of hydrogen-bond acceptors (Lipinski definition) is 2. The van der Waals surface area contributed by atoms with Crippen LogP contribution >= 0.6 is 0 Å². The maximum atomic E-state index is 12.2. The van der Waals surface area contributed by atoms with E-state index >= 15 is 0 Å². The van der Waals surface area contributed by atoms with E-state index in [-0.39, 0.29) is 6.04 Å². The molecule has 2 saturated carbocycles. The summed E-state index contributed by atoms with van der Waals surface area (Å²) in [5.74, 6) is 1.16. The Morgan fingerprint density at radius 3 is 2.53 bits per heavy atom. The Hall–Kier alpha value is -0.570. The largest absolute Gasteiger partial charge is 0.341 e. The molecule has 0 radical (unpaired) electrons. The summed E-state index contributed by atoms with van der Waals surface area (Å²) in [5.41, 5.74) is 0. The number of carbonyl (C=O) groups is 1. The third kappa shape index (κ3) is 2.82. The van der Waals surface area contributed by atoms with E-state index < -0.39 is 0 Å². The van der Waals surface area contributed by atoms with Crippen molar-refractivity contribution < 1.29 is 4.79 Å². The summed E-state index contributed by atoms with van der Waals surface area (Å²) in [6, 6.07) is 0.796. The van der Waals surface area contributed by atoms with Crippen molar-refractivity contribution in [2.24, 2.45) is 5.92 Å². The third-order valence-corrected chi connectivity index (χ3v) is 4.52. The number of amides is 1. The molecule has 1 atom stereocenters. The summed E-state index contributed by atoms with van der Waals surface area (Å²) in [6.45, 7) is 2.02. The van der Waals surface area contributed by atoms with Gasteiger partial charge >= 0.3 is 0 Å². The topological polar surface area (TPSA) is 32.3 Å². The van der Waals surface area contributed by atoms with Crippen molar-refractivity contribution in [3.63, 3.8) is 0 Å². The van der Waals surface area contributed by atoms with Crippen molar-refractivity contribution in [2.45, 2.75) is 63.5 Å². The maximum Gasteiger partial charge on any atom is 0.239 e. The first-order chi connectivity index (χ1) is 8.33. The van der Waals surface area contributed by atoms with E-state index in [2.05, 4.69) is 10.2 Å². The second kappa shape index (κ2) is 4.97. The molecule has 1 aliphatic heterocycles. The quantitative estimate of drug-likeness (QED) is 0.809.